The van der Waals surface area contributed by atoms with Crippen molar-refractivity contribution in [1.29, 1.82) is 0 Å². The average Bonchev–Trinajstić information content (AvgIpc) is 2.66. The van der Waals surface area contributed by atoms with Gasteiger partial charge in [0.1, 0.15) is 12.4 Å². The normalized spacial score (nSPS) is 11.2. The number of ether oxygens (including phenoxy) is 2. The number of carbonyl (C=O) groups is 1. The number of amides is 1. The molecule has 0 aromatic heterocycles. The van der Waals surface area contributed by atoms with Gasteiger partial charge in [0.2, 0.25) is 5.91 Å². The van der Waals surface area contributed by atoms with Crippen molar-refractivity contribution in [2.24, 2.45) is 0 Å². The molecule has 0 aliphatic carbocycles. The van der Waals surface area contributed by atoms with Gasteiger partial charge < -0.3 is 14.8 Å². The van der Waals surface area contributed by atoms with Gasteiger partial charge in [-0.15, -0.1) is 0 Å². The van der Waals surface area contributed by atoms with E-state index in [4.69, 9.17) is 9.47 Å². The second kappa shape index (κ2) is 8.89. The SMILES string of the molecule is COc1ccc(NC(=O)CN(c2ccccc2F)S(=O)(=O)N(C)C)cc1OC. The maximum Gasteiger partial charge on any atom is 0.304 e. The lowest BCUT2D eigenvalue weighted by atomic mass is 10.2. The molecule has 0 unspecified atom stereocenters. The first-order chi connectivity index (χ1) is 13.2. The molecule has 28 heavy (non-hydrogen) atoms. The lowest BCUT2D eigenvalue weighted by Crippen LogP contribution is -2.44. The predicted octanol–water partition coefficient (Wildman–Crippen LogP) is 2.09. The van der Waals surface area contributed by atoms with Crippen molar-refractivity contribution in [1.82, 2.24) is 4.31 Å². The van der Waals surface area contributed by atoms with Crippen LogP contribution in [0, 0.1) is 5.82 Å². The van der Waals surface area contributed by atoms with Crippen LogP contribution in [0.15, 0.2) is 42.5 Å². The van der Waals surface area contributed by atoms with Crippen molar-refractivity contribution in [3.05, 3.63) is 48.3 Å². The van der Waals surface area contributed by atoms with Crippen LogP contribution in [-0.4, -0.2) is 53.5 Å². The monoisotopic (exact) mass is 411 g/mol. The fourth-order valence-electron chi connectivity index (χ4n) is 2.39. The van der Waals surface area contributed by atoms with Gasteiger partial charge in [-0.25, -0.2) is 8.70 Å². The van der Waals surface area contributed by atoms with Gasteiger partial charge in [-0.2, -0.15) is 12.7 Å². The van der Waals surface area contributed by atoms with Gasteiger partial charge in [-0.3, -0.25) is 4.79 Å². The van der Waals surface area contributed by atoms with Gasteiger partial charge in [-0.1, -0.05) is 12.1 Å². The Kier molecular flexibility index (Phi) is 6.81. The van der Waals surface area contributed by atoms with Gasteiger partial charge in [-0.05, 0) is 24.3 Å². The third-order valence-electron chi connectivity index (χ3n) is 3.82. The van der Waals surface area contributed by atoms with E-state index < -0.39 is 28.5 Å². The number of hydrogen-bond acceptors (Lipinski definition) is 5. The molecule has 0 aliphatic heterocycles. The number of nitrogens with one attached hydrogen (secondary N) is 1. The van der Waals surface area contributed by atoms with Gasteiger partial charge >= 0.3 is 10.2 Å². The summed E-state index contributed by atoms with van der Waals surface area (Å²) in [6.45, 7) is -0.615. The molecule has 10 heteroatoms. The Bertz CT molecular complexity index is 950. The molecule has 0 radical (unpaired) electrons. The number of rotatable bonds is 8. The zero-order chi connectivity index (χ0) is 20.9. The van der Waals surface area contributed by atoms with Crippen molar-refractivity contribution in [3.8, 4) is 11.5 Å². The van der Waals surface area contributed by atoms with Crippen LogP contribution in [0.1, 0.15) is 0 Å². The standard InChI is InChI=1S/C18H22FN3O5S/c1-21(2)28(24,25)22(15-8-6-5-7-14(15)19)12-18(23)20-13-9-10-16(26-3)17(11-13)27-4/h5-11H,12H2,1-4H3,(H,20,23). The number of methoxy groups -OCH3 is 2. The molecule has 2 aromatic carbocycles. The van der Waals surface area contributed by atoms with Crippen LogP contribution in [0.25, 0.3) is 0 Å². The summed E-state index contributed by atoms with van der Waals surface area (Å²) in [5.41, 5.74) is 0.150. The molecular formula is C18H22FN3O5S. The highest BCUT2D eigenvalue weighted by molar-refractivity contribution is 7.90. The summed E-state index contributed by atoms with van der Waals surface area (Å²) in [4.78, 5) is 12.5. The van der Waals surface area contributed by atoms with Crippen molar-refractivity contribution in [3.63, 3.8) is 0 Å². The first-order valence-corrected chi connectivity index (χ1v) is 9.57. The van der Waals surface area contributed by atoms with E-state index in [-0.39, 0.29) is 5.69 Å². The molecule has 1 N–H and O–H groups in total. The average molecular weight is 411 g/mol. The molecule has 0 aliphatic rings. The fourth-order valence-corrected chi connectivity index (χ4v) is 3.46. The zero-order valence-corrected chi connectivity index (χ0v) is 16.8. The third kappa shape index (κ3) is 4.70. The van der Waals surface area contributed by atoms with Crippen molar-refractivity contribution < 1.29 is 27.1 Å². The minimum Gasteiger partial charge on any atom is -0.493 e. The smallest absolute Gasteiger partial charge is 0.304 e. The van der Waals surface area contributed by atoms with E-state index in [1.807, 2.05) is 0 Å². The summed E-state index contributed by atoms with van der Waals surface area (Å²) < 4.78 is 51.4. The van der Waals surface area contributed by atoms with Crippen molar-refractivity contribution in [2.45, 2.75) is 0 Å². The molecular weight excluding hydrogens is 389 g/mol. The number of halogens is 1. The molecule has 0 bridgehead atoms. The van der Waals surface area contributed by atoms with E-state index in [2.05, 4.69) is 5.32 Å². The van der Waals surface area contributed by atoms with Gasteiger partial charge in [0.15, 0.2) is 11.5 Å². The summed E-state index contributed by atoms with van der Waals surface area (Å²) in [7, 11) is 1.43. The Morgan fingerprint density at radius 3 is 2.29 bits per heavy atom. The van der Waals surface area contributed by atoms with Crippen LogP contribution in [-0.2, 0) is 15.0 Å². The molecule has 1 amide bonds. The maximum absolute atomic E-state index is 14.2. The van der Waals surface area contributed by atoms with Gasteiger partial charge in [0, 0.05) is 25.8 Å². The van der Waals surface area contributed by atoms with Crippen LogP contribution in [0.5, 0.6) is 11.5 Å². The van der Waals surface area contributed by atoms with Crippen LogP contribution in [0.3, 0.4) is 0 Å². The topological polar surface area (TPSA) is 88.2 Å². The third-order valence-corrected chi connectivity index (χ3v) is 5.62. The molecule has 8 nitrogen and oxygen atoms in total. The van der Waals surface area contributed by atoms with E-state index in [1.54, 1.807) is 12.1 Å². The summed E-state index contributed by atoms with van der Waals surface area (Å²) >= 11 is 0. The Hall–Kier alpha value is -2.85. The second-order valence-electron chi connectivity index (χ2n) is 5.87. The maximum atomic E-state index is 14.2. The predicted molar refractivity (Wildman–Crippen MR) is 105 cm³/mol. The first kappa shape index (κ1) is 21.5. The number of anilines is 2. The van der Waals surface area contributed by atoms with E-state index >= 15 is 0 Å². The first-order valence-electron chi connectivity index (χ1n) is 8.17. The molecule has 0 fully saturated rings. The van der Waals surface area contributed by atoms with Crippen LogP contribution in [0.2, 0.25) is 0 Å². The number of para-hydroxylation sites is 1. The number of carbonyl (C=O) groups excluding carboxylic acids is 1. The van der Waals surface area contributed by atoms with Gasteiger partial charge in [0.05, 0.1) is 19.9 Å². The summed E-state index contributed by atoms with van der Waals surface area (Å²) in [6, 6.07) is 10.0. The second-order valence-corrected chi connectivity index (χ2v) is 7.93. The lowest BCUT2D eigenvalue weighted by molar-refractivity contribution is -0.114. The van der Waals surface area contributed by atoms with E-state index in [0.29, 0.717) is 21.5 Å². The Morgan fingerprint density at radius 2 is 1.71 bits per heavy atom. The summed E-state index contributed by atoms with van der Waals surface area (Å²) in [6.07, 6.45) is 0. The van der Waals surface area contributed by atoms with Crippen LogP contribution in [0.4, 0.5) is 15.8 Å². The molecule has 2 aromatic rings. The summed E-state index contributed by atoms with van der Waals surface area (Å²) in [5, 5.41) is 2.58. The highest BCUT2D eigenvalue weighted by Crippen LogP contribution is 2.30. The van der Waals surface area contributed by atoms with E-state index in [0.717, 1.165) is 10.4 Å². The number of hydrogen-bond donors (Lipinski definition) is 1. The molecule has 0 saturated heterocycles. The molecule has 152 valence electrons. The van der Waals surface area contributed by atoms with Crippen molar-refractivity contribution in [2.75, 3.05) is 44.5 Å². The Morgan fingerprint density at radius 1 is 1.07 bits per heavy atom. The largest absolute Gasteiger partial charge is 0.493 e. The molecule has 2 rings (SSSR count). The molecule has 0 spiro atoms. The fraction of sp³-hybridized carbons (Fsp3) is 0.278. The Labute approximate surface area is 163 Å². The summed E-state index contributed by atoms with van der Waals surface area (Å²) in [5.74, 6) is -0.538. The molecule has 0 heterocycles. The lowest BCUT2D eigenvalue weighted by Gasteiger charge is -2.27. The Balaban J connectivity index is 2.30. The van der Waals surface area contributed by atoms with Crippen LogP contribution >= 0.6 is 0 Å². The quantitative estimate of drug-likeness (QED) is 0.719. The zero-order valence-electron chi connectivity index (χ0n) is 16.0. The van der Waals surface area contributed by atoms with Crippen LogP contribution < -0.4 is 19.1 Å². The van der Waals surface area contributed by atoms with Crippen molar-refractivity contribution >= 4 is 27.5 Å². The number of benzene rings is 2. The highest BCUT2D eigenvalue weighted by Gasteiger charge is 2.29. The van der Waals surface area contributed by atoms with Gasteiger partial charge in [0.25, 0.3) is 0 Å². The molecule has 0 saturated carbocycles. The van der Waals surface area contributed by atoms with E-state index in [1.165, 1.54) is 52.6 Å². The molecule has 0 atom stereocenters. The number of nitrogens with zero attached hydrogens (tertiary/aromatic N) is 2. The van der Waals surface area contributed by atoms with E-state index in [9.17, 15) is 17.6 Å². The minimum absolute atomic E-state index is 0.223. The highest BCUT2D eigenvalue weighted by atomic mass is 32.2. The minimum atomic E-state index is -4.10.